The van der Waals surface area contributed by atoms with Crippen LogP contribution in [-0.4, -0.2) is 47.8 Å². The summed E-state index contributed by atoms with van der Waals surface area (Å²) < 4.78 is 5.38. The smallest absolute Gasteiger partial charge is 0.173 e. The summed E-state index contributed by atoms with van der Waals surface area (Å²) in [7, 11) is 0. The first-order valence-electron chi connectivity index (χ1n) is 5.25. The first kappa shape index (κ1) is 14.5. The maximum absolute atomic E-state index is 5.41. The van der Waals surface area contributed by atoms with Gasteiger partial charge in [-0.2, -0.15) is 0 Å². The Morgan fingerprint density at radius 3 is 2.82 bits per heavy atom. The largest absolute Gasteiger partial charge is 0.376 e. The molecule has 1 aromatic rings. The Kier molecular flexibility index (Phi) is 7.30. The van der Waals surface area contributed by atoms with Crippen LogP contribution in [0.15, 0.2) is 6.20 Å². The Morgan fingerprint density at radius 1 is 1.53 bits per heavy atom. The molecule has 17 heavy (non-hydrogen) atoms. The molecule has 8 heteroatoms. The number of rotatable bonds is 2. The van der Waals surface area contributed by atoms with E-state index in [2.05, 4.69) is 20.7 Å². The Morgan fingerprint density at radius 2 is 2.35 bits per heavy atom. The molecule has 1 aromatic heterocycles. The normalized spacial score (nSPS) is 19.4. The van der Waals surface area contributed by atoms with E-state index >= 15 is 0 Å². The van der Waals surface area contributed by atoms with Crippen LogP contribution in [0.2, 0.25) is 10.2 Å². The molecule has 0 aliphatic carbocycles. The summed E-state index contributed by atoms with van der Waals surface area (Å²) in [6, 6.07) is 0. The van der Waals surface area contributed by atoms with Gasteiger partial charge < -0.3 is 15.8 Å². The van der Waals surface area contributed by atoms with Gasteiger partial charge in [0.25, 0.3) is 0 Å². The van der Waals surface area contributed by atoms with Crippen LogP contribution in [0, 0.1) is 0 Å². The topological polar surface area (TPSA) is 86.0 Å². The fourth-order valence-corrected chi connectivity index (χ4v) is 1.40. The molecule has 0 radical (unpaired) electrons. The van der Waals surface area contributed by atoms with E-state index in [1.54, 1.807) is 0 Å². The zero-order valence-corrected chi connectivity index (χ0v) is 10.8. The van der Waals surface area contributed by atoms with Crippen LogP contribution in [0.3, 0.4) is 0 Å². The van der Waals surface area contributed by atoms with E-state index in [-0.39, 0.29) is 5.15 Å². The summed E-state index contributed by atoms with van der Waals surface area (Å²) in [5, 5.41) is 13.7. The average molecular weight is 280 g/mol. The van der Waals surface area contributed by atoms with Crippen molar-refractivity contribution in [3.8, 4) is 0 Å². The first-order chi connectivity index (χ1) is 8.24. The van der Waals surface area contributed by atoms with E-state index in [1.165, 1.54) is 6.20 Å². The van der Waals surface area contributed by atoms with Gasteiger partial charge in [-0.15, -0.1) is 10.2 Å². The third-order valence-electron chi connectivity index (χ3n) is 2.05. The first-order valence-corrected chi connectivity index (χ1v) is 6.01. The highest BCUT2D eigenvalue weighted by atomic mass is 35.5. The Balaban J connectivity index is 0.000000171. The molecule has 2 heterocycles. The lowest BCUT2D eigenvalue weighted by Crippen LogP contribution is -2.39. The SMILES string of the molecule is Clc1cnnnc1Cl.NCCC1CNCCO1. The molecule has 96 valence electrons. The summed E-state index contributed by atoms with van der Waals surface area (Å²) in [4.78, 5) is 0. The fourth-order valence-electron chi connectivity index (χ4n) is 1.23. The Hall–Kier alpha value is -0.530. The van der Waals surface area contributed by atoms with Gasteiger partial charge in [0, 0.05) is 13.1 Å². The van der Waals surface area contributed by atoms with Crippen LogP contribution in [0.4, 0.5) is 0 Å². The molecule has 0 bridgehead atoms. The monoisotopic (exact) mass is 279 g/mol. The van der Waals surface area contributed by atoms with Crippen LogP contribution >= 0.6 is 23.2 Å². The zero-order chi connectivity index (χ0) is 12.5. The number of ether oxygens (including phenoxy) is 1. The Labute approximate surface area is 110 Å². The van der Waals surface area contributed by atoms with E-state index in [9.17, 15) is 0 Å². The van der Waals surface area contributed by atoms with Crippen molar-refractivity contribution in [3.63, 3.8) is 0 Å². The molecule has 3 N–H and O–H groups in total. The highest BCUT2D eigenvalue weighted by Gasteiger charge is 2.10. The van der Waals surface area contributed by atoms with Gasteiger partial charge in [0.1, 0.15) is 5.02 Å². The minimum absolute atomic E-state index is 0.182. The molecule has 2 rings (SSSR count). The quantitative estimate of drug-likeness (QED) is 0.820. The van der Waals surface area contributed by atoms with Crippen molar-refractivity contribution in [3.05, 3.63) is 16.4 Å². The maximum Gasteiger partial charge on any atom is 0.173 e. The molecular formula is C9H15Cl2N5O. The fraction of sp³-hybridized carbons (Fsp3) is 0.667. The lowest BCUT2D eigenvalue weighted by molar-refractivity contribution is 0.0252. The molecule has 0 aromatic carbocycles. The second kappa shape index (κ2) is 8.54. The molecule has 1 atom stereocenters. The number of hydrogen-bond donors (Lipinski definition) is 2. The van der Waals surface area contributed by atoms with Gasteiger partial charge >= 0.3 is 0 Å². The van der Waals surface area contributed by atoms with Gasteiger partial charge in [-0.3, -0.25) is 0 Å². The predicted molar refractivity (Wildman–Crippen MR) is 66.1 cm³/mol. The number of aromatic nitrogens is 3. The van der Waals surface area contributed by atoms with Gasteiger partial charge in [-0.1, -0.05) is 23.2 Å². The van der Waals surface area contributed by atoms with E-state index < -0.39 is 0 Å². The minimum Gasteiger partial charge on any atom is -0.376 e. The second-order valence-corrected chi connectivity index (χ2v) is 4.11. The van der Waals surface area contributed by atoms with Gasteiger partial charge in [-0.05, 0) is 18.2 Å². The predicted octanol–water partition coefficient (Wildman–Crippen LogP) is 0.502. The minimum atomic E-state index is 0.182. The molecular weight excluding hydrogens is 265 g/mol. The van der Waals surface area contributed by atoms with Crippen molar-refractivity contribution < 1.29 is 4.74 Å². The molecule has 6 nitrogen and oxygen atoms in total. The van der Waals surface area contributed by atoms with Gasteiger partial charge in [0.05, 0.1) is 18.9 Å². The van der Waals surface area contributed by atoms with Crippen molar-refractivity contribution in [2.45, 2.75) is 12.5 Å². The number of halogens is 2. The molecule has 1 aliphatic heterocycles. The number of morpholine rings is 1. The van der Waals surface area contributed by atoms with Crippen LogP contribution < -0.4 is 11.1 Å². The number of nitrogens with zero attached hydrogens (tertiary/aromatic N) is 3. The molecule has 1 saturated heterocycles. The molecule has 0 saturated carbocycles. The van der Waals surface area contributed by atoms with Crippen molar-refractivity contribution >= 4 is 23.2 Å². The number of hydrogen-bond acceptors (Lipinski definition) is 6. The standard InChI is InChI=1S/C6H14N2O.C3HCl2N3/c7-2-1-6-5-8-3-4-9-6;4-2-1-6-8-7-3(2)5/h6,8H,1-5,7H2;1H. The van der Waals surface area contributed by atoms with E-state index in [1.807, 2.05) is 0 Å². The average Bonchev–Trinajstić information content (AvgIpc) is 2.36. The van der Waals surface area contributed by atoms with E-state index in [4.69, 9.17) is 33.7 Å². The second-order valence-electron chi connectivity index (χ2n) is 3.35. The highest BCUT2D eigenvalue weighted by molar-refractivity contribution is 6.40. The summed E-state index contributed by atoms with van der Waals surface area (Å²) in [6.45, 7) is 3.52. The summed E-state index contributed by atoms with van der Waals surface area (Å²) >= 11 is 10.8. The third-order valence-corrected chi connectivity index (χ3v) is 2.70. The number of nitrogens with two attached hydrogens (primary N) is 1. The third kappa shape index (κ3) is 6.09. The molecule has 1 unspecified atom stereocenters. The lowest BCUT2D eigenvalue weighted by atomic mass is 10.2. The van der Waals surface area contributed by atoms with Gasteiger partial charge in [0.2, 0.25) is 0 Å². The summed E-state index contributed by atoms with van der Waals surface area (Å²) in [5.41, 5.74) is 5.35. The summed E-state index contributed by atoms with van der Waals surface area (Å²) in [6.07, 6.45) is 2.67. The highest BCUT2D eigenvalue weighted by Crippen LogP contribution is 2.13. The summed E-state index contributed by atoms with van der Waals surface area (Å²) in [5.74, 6) is 0. The van der Waals surface area contributed by atoms with Crippen molar-refractivity contribution in [2.24, 2.45) is 5.73 Å². The van der Waals surface area contributed by atoms with Gasteiger partial charge in [0.15, 0.2) is 5.15 Å². The van der Waals surface area contributed by atoms with Gasteiger partial charge in [-0.25, -0.2) is 0 Å². The molecule has 0 amide bonds. The van der Waals surface area contributed by atoms with Crippen molar-refractivity contribution in [2.75, 3.05) is 26.2 Å². The number of nitrogens with one attached hydrogen (secondary N) is 1. The van der Waals surface area contributed by atoms with E-state index in [0.717, 1.165) is 32.7 Å². The Bertz CT molecular complexity index is 298. The van der Waals surface area contributed by atoms with Crippen molar-refractivity contribution in [1.29, 1.82) is 0 Å². The van der Waals surface area contributed by atoms with Crippen LogP contribution in [0.25, 0.3) is 0 Å². The van der Waals surface area contributed by atoms with Crippen LogP contribution in [0.5, 0.6) is 0 Å². The lowest BCUT2D eigenvalue weighted by Gasteiger charge is -2.22. The van der Waals surface area contributed by atoms with Crippen LogP contribution in [-0.2, 0) is 4.74 Å². The molecule has 1 fully saturated rings. The molecule has 1 aliphatic rings. The van der Waals surface area contributed by atoms with Crippen LogP contribution in [0.1, 0.15) is 6.42 Å². The van der Waals surface area contributed by atoms with Crippen molar-refractivity contribution in [1.82, 2.24) is 20.7 Å². The maximum atomic E-state index is 5.41. The molecule has 0 spiro atoms. The zero-order valence-electron chi connectivity index (χ0n) is 9.27. The van der Waals surface area contributed by atoms with E-state index in [0.29, 0.717) is 11.1 Å².